The third kappa shape index (κ3) is 7.83. The van der Waals surface area contributed by atoms with E-state index >= 15 is 0 Å². The van der Waals surface area contributed by atoms with Crippen LogP contribution in [0.3, 0.4) is 0 Å². The molecule has 142 valence electrons. The summed E-state index contributed by atoms with van der Waals surface area (Å²) in [5.74, 6) is 0.766. The first-order chi connectivity index (χ1) is 12.4. The molecule has 5 heteroatoms. The summed E-state index contributed by atoms with van der Waals surface area (Å²) in [4.78, 5) is 10.2. The summed E-state index contributed by atoms with van der Waals surface area (Å²) in [6, 6.07) is 18.9. The Balaban J connectivity index is 0.000000289. The second-order valence-electron chi connectivity index (χ2n) is 6.51. The van der Waals surface area contributed by atoms with E-state index < -0.39 is 15.1 Å². The number of carbonyl (C=O) groups is 1. The Morgan fingerprint density at radius 2 is 1.46 bits per heavy atom. The van der Waals surface area contributed by atoms with Crippen molar-refractivity contribution in [3.05, 3.63) is 66.2 Å². The summed E-state index contributed by atoms with van der Waals surface area (Å²) in [5, 5.41) is -0.560. The third-order valence-electron chi connectivity index (χ3n) is 3.80. The highest BCUT2D eigenvalue weighted by Crippen LogP contribution is 2.17. The predicted octanol–water partition coefficient (Wildman–Crippen LogP) is 4.30. The van der Waals surface area contributed by atoms with Crippen LogP contribution in [0.5, 0.6) is 0 Å². The fraction of sp³-hybridized carbons (Fsp3) is 0.381. The van der Waals surface area contributed by atoms with E-state index in [0.29, 0.717) is 17.8 Å². The van der Waals surface area contributed by atoms with Crippen molar-refractivity contribution in [2.45, 2.75) is 43.8 Å². The van der Waals surface area contributed by atoms with Gasteiger partial charge in [-0.15, -0.1) is 0 Å². The number of hydrogen-bond donors (Lipinski definition) is 0. The first-order valence-corrected chi connectivity index (χ1v) is 10.3. The molecular weight excluding hydrogens is 348 g/mol. The van der Waals surface area contributed by atoms with Gasteiger partial charge in [0.2, 0.25) is 0 Å². The molecule has 0 amide bonds. The molecule has 0 aromatic heterocycles. The SMILES string of the molecule is CC(C)Cc1ccccc1.CC(CCOC=O)S(=O)(=O)c1ccccc1. The van der Waals surface area contributed by atoms with Crippen molar-refractivity contribution in [1.82, 2.24) is 0 Å². The average molecular weight is 377 g/mol. The van der Waals surface area contributed by atoms with Crippen molar-refractivity contribution >= 4 is 16.3 Å². The minimum atomic E-state index is -3.32. The maximum absolute atomic E-state index is 12.0. The van der Waals surface area contributed by atoms with Gasteiger partial charge in [-0.25, -0.2) is 8.42 Å². The van der Waals surface area contributed by atoms with Crippen LogP contribution in [0.15, 0.2) is 65.6 Å². The monoisotopic (exact) mass is 376 g/mol. The molecule has 0 aliphatic carbocycles. The molecule has 0 spiro atoms. The molecule has 4 nitrogen and oxygen atoms in total. The van der Waals surface area contributed by atoms with Gasteiger partial charge >= 0.3 is 0 Å². The van der Waals surface area contributed by atoms with Gasteiger partial charge in [0, 0.05) is 0 Å². The molecule has 0 radical (unpaired) electrons. The van der Waals surface area contributed by atoms with Crippen LogP contribution in [0.1, 0.15) is 32.8 Å². The molecule has 1 unspecified atom stereocenters. The maximum atomic E-state index is 12.0. The quantitative estimate of drug-likeness (QED) is 0.509. The molecule has 1 atom stereocenters. The molecule has 0 fully saturated rings. The van der Waals surface area contributed by atoms with E-state index in [0.717, 1.165) is 5.92 Å². The second kappa shape index (κ2) is 11.5. The van der Waals surface area contributed by atoms with Crippen LogP contribution >= 0.6 is 0 Å². The van der Waals surface area contributed by atoms with Crippen LogP contribution in [0, 0.1) is 5.92 Å². The lowest BCUT2D eigenvalue weighted by atomic mass is 10.0. The van der Waals surface area contributed by atoms with Gasteiger partial charge in [0.15, 0.2) is 9.84 Å². The number of benzene rings is 2. The molecule has 0 saturated heterocycles. The zero-order valence-corrected chi connectivity index (χ0v) is 16.5. The molecule has 2 rings (SSSR count). The first-order valence-electron chi connectivity index (χ1n) is 8.76. The smallest absolute Gasteiger partial charge is 0.293 e. The van der Waals surface area contributed by atoms with Gasteiger partial charge in [0.1, 0.15) is 0 Å². The van der Waals surface area contributed by atoms with E-state index in [-0.39, 0.29) is 6.61 Å². The van der Waals surface area contributed by atoms with Crippen molar-refractivity contribution in [2.24, 2.45) is 5.92 Å². The Bertz CT molecular complexity index is 725. The van der Waals surface area contributed by atoms with Crippen molar-refractivity contribution in [3.63, 3.8) is 0 Å². The second-order valence-corrected chi connectivity index (χ2v) is 8.87. The van der Waals surface area contributed by atoms with Gasteiger partial charge in [0.25, 0.3) is 6.47 Å². The summed E-state index contributed by atoms with van der Waals surface area (Å²) in [7, 11) is -3.32. The largest absolute Gasteiger partial charge is 0.468 e. The molecule has 2 aromatic carbocycles. The fourth-order valence-corrected chi connectivity index (χ4v) is 3.77. The predicted molar refractivity (Wildman–Crippen MR) is 105 cm³/mol. The Kier molecular flexibility index (Phi) is 9.66. The molecule has 0 heterocycles. The van der Waals surface area contributed by atoms with Crippen molar-refractivity contribution in [3.8, 4) is 0 Å². The van der Waals surface area contributed by atoms with Crippen LogP contribution in [-0.2, 0) is 25.8 Å². The summed E-state index contributed by atoms with van der Waals surface area (Å²) >= 11 is 0. The molecule has 0 N–H and O–H groups in total. The summed E-state index contributed by atoms with van der Waals surface area (Å²) in [5.41, 5.74) is 1.44. The Hall–Kier alpha value is -2.14. The van der Waals surface area contributed by atoms with E-state index in [9.17, 15) is 13.2 Å². The van der Waals surface area contributed by atoms with Crippen molar-refractivity contribution in [2.75, 3.05) is 6.61 Å². The number of hydrogen-bond acceptors (Lipinski definition) is 4. The molecule has 0 aliphatic heterocycles. The summed E-state index contributed by atoms with van der Waals surface area (Å²) < 4.78 is 28.5. The topological polar surface area (TPSA) is 60.4 Å². The van der Waals surface area contributed by atoms with Crippen molar-refractivity contribution < 1.29 is 17.9 Å². The van der Waals surface area contributed by atoms with Gasteiger partial charge in [-0.2, -0.15) is 0 Å². The molecular formula is C21H28O4S. The van der Waals surface area contributed by atoms with E-state index in [4.69, 9.17) is 0 Å². The first kappa shape index (κ1) is 21.9. The summed E-state index contributed by atoms with van der Waals surface area (Å²) in [6.45, 7) is 6.54. The van der Waals surface area contributed by atoms with E-state index in [2.05, 4.69) is 48.9 Å². The van der Waals surface area contributed by atoms with Crippen LogP contribution in [0.4, 0.5) is 0 Å². The van der Waals surface area contributed by atoms with Crippen LogP contribution in [0.2, 0.25) is 0 Å². The zero-order valence-electron chi connectivity index (χ0n) is 15.7. The van der Waals surface area contributed by atoms with E-state index in [1.165, 1.54) is 12.0 Å². The van der Waals surface area contributed by atoms with Crippen LogP contribution < -0.4 is 0 Å². The van der Waals surface area contributed by atoms with Crippen LogP contribution in [-0.4, -0.2) is 26.7 Å². The Morgan fingerprint density at radius 3 is 1.96 bits per heavy atom. The highest BCUT2D eigenvalue weighted by Gasteiger charge is 2.22. The normalized spacial score (nSPS) is 12.0. The van der Waals surface area contributed by atoms with Crippen LogP contribution in [0.25, 0.3) is 0 Å². The molecule has 0 bridgehead atoms. The highest BCUT2D eigenvalue weighted by molar-refractivity contribution is 7.92. The standard InChI is InChI=1S/C11H14O4S.C10H14/c1-10(7-8-15-9-12)16(13,14)11-5-3-2-4-6-11;1-9(2)8-10-6-4-3-5-7-10/h2-6,9-10H,7-8H2,1H3;3-7,9H,8H2,1-2H3. The molecule has 2 aromatic rings. The minimum absolute atomic E-state index is 0.122. The lowest BCUT2D eigenvalue weighted by Crippen LogP contribution is -2.19. The lowest BCUT2D eigenvalue weighted by molar-refractivity contribution is -0.128. The molecule has 0 aliphatic rings. The molecule has 26 heavy (non-hydrogen) atoms. The average Bonchev–Trinajstić information content (AvgIpc) is 2.63. The third-order valence-corrected chi connectivity index (χ3v) is 6.02. The Morgan fingerprint density at radius 1 is 0.923 bits per heavy atom. The minimum Gasteiger partial charge on any atom is -0.468 e. The van der Waals surface area contributed by atoms with E-state index in [1.807, 2.05) is 0 Å². The highest BCUT2D eigenvalue weighted by atomic mass is 32.2. The fourth-order valence-electron chi connectivity index (χ4n) is 2.37. The van der Waals surface area contributed by atoms with Gasteiger partial charge < -0.3 is 4.74 Å². The lowest BCUT2D eigenvalue weighted by Gasteiger charge is -2.11. The van der Waals surface area contributed by atoms with E-state index in [1.54, 1.807) is 37.3 Å². The van der Waals surface area contributed by atoms with Crippen molar-refractivity contribution in [1.29, 1.82) is 0 Å². The number of ether oxygens (including phenoxy) is 1. The van der Waals surface area contributed by atoms with Gasteiger partial charge in [-0.3, -0.25) is 4.79 Å². The number of sulfone groups is 1. The molecule has 0 saturated carbocycles. The Labute approximate surface area is 157 Å². The maximum Gasteiger partial charge on any atom is 0.293 e. The van der Waals surface area contributed by atoms with Gasteiger partial charge in [-0.1, -0.05) is 62.4 Å². The zero-order chi connectivity index (χ0) is 19.4. The number of carbonyl (C=O) groups excluding carboxylic acids is 1. The number of rotatable bonds is 8. The summed E-state index contributed by atoms with van der Waals surface area (Å²) in [6.07, 6.45) is 1.50. The van der Waals surface area contributed by atoms with Gasteiger partial charge in [0.05, 0.1) is 16.8 Å². The van der Waals surface area contributed by atoms with Gasteiger partial charge in [-0.05, 0) is 43.4 Å².